The normalized spacial score (nSPS) is 39.1. The monoisotopic (exact) mass is 376 g/mol. The SMILES string of the molecule is COC1=CC(=O)C(O)=C(C[C@@]2(C)[C@@H](C)CC[C@@]3(O)[C@H]2CCCC3(C)C)C1=O. The minimum absolute atomic E-state index is 0.0117. The molecule has 2 N–H and O–H groups in total. The van der Waals surface area contributed by atoms with Crippen LogP contribution >= 0.6 is 0 Å². The van der Waals surface area contributed by atoms with E-state index in [0.29, 0.717) is 0 Å². The summed E-state index contributed by atoms with van der Waals surface area (Å²) in [6.07, 6.45) is 5.83. The summed E-state index contributed by atoms with van der Waals surface area (Å²) in [7, 11) is 1.35. The Morgan fingerprint density at radius 1 is 1.19 bits per heavy atom. The molecule has 27 heavy (non-hydrogen) atoms. The Morgan fingerprint density at radius 3 is 2.48 bits per heavy atom. The van der Waals surface area contributed by atoms with E-state index in [-0.39, 0.29) is 40.4 Å². The number of ether oxygens (including phenoxy) is 1. The van der Waals surface area contributed by atoms with Gasteiger partial charge in [0.2, 0.25) is 11.6 Å². The lowest BCUT2D eigenvalue weighted by Gasteiger charge is -2.62. The molecule has 3 aliphatic carbocycles. The molecule has 0 bridgehead atoms. The van der Waals surface area contributed by atoms with Crippen LogP contribution in [0.3, 0.4) is 0 Å². The molecule has 0 saturated heterocycles. The van der Waals surface area contributed by atoms with Crippen molar-refractivity contribution in [3.05, 3.63) is 23.2 Å². The number of hydrogen-bond donors (Lipinski definition) is 2. The molecule has 2 saturated carbocycles. The highest BCUT2D eigenvalue weighted by molar-refractivity contribution is 6.20. The van der Waals surface area contributed by atoms with Crippen LogP contribution in [0.5, 0.6) is 0 Å². The van der Waals surface area contributed by atoms with Crippen LogP contribution in [0.25, 0.3) is 0 Å². The topological polar surface area (TPSA) is 83.8 Å². The van der Waals surface area contributed by atoms with Crippen LogP contribution in [0, 0.1) is 22.7 Å². The number of Topliss-reactive ketones (excluding diaryl/α,β-unsaturated/α-hetero) is 1. The minimum atomic E-state index is -0.801. The maximum absolute atomic E-state index is 12.8. The Balaban J connectivity index is 2.02. The largest absolute Gasteiger partial charge is 0.504 e. The Morgan fingerprint density at radius 2 is 1.85 bits per heavy atom. The van der Waals surface area contributed by atoms with Crippen molar-refractivity contribution in [1.29, 1.82) is 0 Å². The molecule has 5 heteroatoms. The quantitative estimate of drug-likeness (QED) is 0.731. The van der Waals surface area contributed by atoms with Crippen molar-refractivity contribution in [1.82, 2.24) is 0 Å². The number of hydrogen-bond acceptors (Lipinski definition) is 5. The molecule has 3 rings (SSSR count). The van der Waals surface area contributed by atoms with E-state index in [1.54, 1.807) is 0 Å². The molecule has 2 fully saturated rings. The van der Waals surface area contributed by atoms with Gasteiger partial charge in [-0.05, 0) is 54.8 Å². The second-order valence-electron chi connectivity index (χ2n) is 9.61. The molecule has 4 atom stereocenters. The van der Waals surface area contributed by atoms with E-state index in [9.17, 15) is 19.8 Å². The van der Waals surface area contributed by atoms with Crippen molar-refractivity contribution in [2.45, 2.75) is 71.8 Å². The van der Waals surface area contributed by atoms with Gasteiger partial charge in [-0.2, -0.15) is 0 Å². The van der Waals surface area contributed by atoms with Gasteiger partial charge in [-0.1, -0.05) is 34.1 Å². The molecule has 0 spiro atoms. The van der Waals surface area contributed by atoms with Crippen LogP contribution in [0.2, 0.25) is 0 Å². The van der Waals surface area contributed by atoms with Gasteiger partial charge in [0.25, 0.3) is 0 Å². The van der Waals surface area contributed by atoms with Crippen molar-refractivity contribution in [2.24, 2.45) is 22.7 Å². The van der Waals surface area contributed by atoms with Gasteiger partial charge in [0.15, 0.2) is 11.5 Å². The highest BCUT2D eigenvalue weighted by atomic mass is 16.5. The molecule has 0 amide bonds. The van der Waals surface area contributed by atoms with Crippen LogP contribution in [0.4, 0.5) is 0 Å². The predicted octanol–water partition coefficient (Wildman–Crippen LogP) is 3.86. The van der Waals surface area contributed by atoms with Gasteiger partial charge in [-0.3, -0.25) is 9.59 Å². The fourth-order valence-corrected chi connectivity index (χ4v) is 5.82. The molecule has 5 nitrogen and oxygen atoms in total. The number of carbonyl (C=O) groups is 2. The Kier molecular flexibility index (Phi) is 4.82. The van der Waals surface area contributed by atoms with E-state index in [1.807, 2.05) is 0 Å². The summed E-state index contributed by atoms with van der Waals surface area (Å²) >= 11 is 0. The van der Waals surface area contributed by atoms with Gasteiger partial charge >= 0.3 is 0 Å². The third kappa shape index (κ3) is 2.86. The number of aliphatic hydroxyl groups is 2. The highest BCUT2D eigenvalue weighted by Crippen LogP contribution is 2.62. The maximum atomic E-state index is 12.8. The smallest absolute Gasteiger partial charge is 0.227 e. The average molecular weight is 376 g/mol. The standard InChI is InChI=1S/C22H32O5/c1-13-8-10-22(26)17(7-6-9-20(22,2)3)21(13,4)12-14-18(24)15(23)11-16(27-5)19(14)25/h11,13,17,24,26H,6-10,12H2,1-5H3/t13-,17-,21-,22+/m0/s1. The zero-order valence-electron chi connectivity index (χ0n) is 17.1. The summed E-state index contributed by atoms with van der Waals surface area (Å²) in [5.74, 6) is -1.24. The molecule has 0 aromatic heterocycles. The van der Waals surface area contributed by atoms with Crippen LogP contribution in [0.1, 0.15) is 66.2 Å². The van der Waals surface area contributed by atoms with Crippen LogP contribution in [-0.2, 0) is 14.3 Å². The molecule has 0 aromatic rings. The van der Waals surface area contributed by atoms with Gasteiger partial charge in [-0.25, -0.2) is 0 Å². The molecular formula is C22H32O5. The van der Waals surface area contributed by atoms with Crippen molar-refractivity contribution in [3.8, 4) is 0 Å². The Hall–Kier alpha value is -1.62. The lowest BCUT2D eigenvalue weighted by Crippen LogP contribution is -2.62. The zero-order valence-corrected chi connectivity index (χ0v) is 17.1. The molecule has 0 unspecified atom stereocenters. The number of ketones is 2. The molecule has 150 valence electrons. The first-order valence-corrected chi connectivity index (χ1v) is 9.97. The fourth-order valence-electron chi connectivity index (χ4n) is 5.82. The zero-order chi connectivity index (χ0) is 20.2. The Bertz CT molecular complexity index is 731. The van der Waals surface area contributed by atoms with Crippen molar-refractivity contribution in [2.75, 3.05) is 7.11 Å². The van der Waals surface area contributed by atoms with Crippen LogP contribution in [-0.4, -0.2) is 34.5 Å². The molecule has 3 aliphatic rings. The number of methoxy groups -OCH3 is 1. The van der Waals surface area contributed by atoms with E-state index in [2.05, 4.69) is 27.7 Å². The maximum Gasteiger partial charge on any atom is 0.227 e. The van der Waals surface area contributed by atoms with E-state index < -0.39 is 22.9 Å². The van der Waals surface area contributed by atoms with Gasteiger partial charge in [0.1, 0.15) is 0 Å². The Labute approximate surface area is 161 Å². The van der Waals surface area contributed by atoms with Gasteiger partial charge in [0, 0.05) is 11.6 Å². The van der Waals surface area contributed by atoms with Gasteiger partial charge in [-0.15, -0.1) is 0 Å². The fraction of sp³-hybridized carbons (Fsp3) is 0.727. The second-order valence-corrected chi connectivity index (χ2v) is 9.61. The number of aliphatic hydroxyl groups excluding tert-OH is 1. The van der Waals surface area contributed by atoms with Crippen molar-refractivity contribution >= 4 is 11.6 Å². The van der Waals surface area contributed by atoms with Crippen molar-refractivity contribution in [3.63, 3.8) is 0 Å². The van der Waals surface area contributed by atoms with E-state index in [1.165, 1.54) is 7.11 Å². The predicted molar refractivity (Wildman–Crippen MR) is 102 cm³/mol. The average Bonchev–Trinajstić information content (AvgIpc) is 2.60. The summed E-state index contributed by atoms with van der Waals surface area (Å²) in [6, 6.07) is 0. The van der Waals surface area contributed by atoms with E-state index in [4.69, 9.17) is 4.74 Å². The van der Waals surface area contributed by atoms with Gasteiger partial charge < -0.3 is 14.9 Å². The van der Waals surface area contributed by atoms with Crippen molar-refractivity contribution < 1.29 is 24.5 Å². The van der Waals surface area contributed by atoms with E-state index >= 15 is 0 Å². The van der Waals surface area contributed by atoms with Gasteiger partial charge in [0.05, 0.1) is 12.7 Å². The second kappa shape index (κ2) is 6.47. The summed E-state index contributed by atoms with van der Waals surface area (Å²) < 4.78 is 5.06. The third-order valence-electron chi connectivity index (χ3n) is 7.98. The lowest BCUT2D eigenvalue weighted by atomic mass is 9.45. The lowest BCUT2D eigenvalue weighted by molar-refractivity contribution is -0.211. The first-order valence-electron chi connectivity index (χ1n) is 9.97. The highest BCUT2D eigenvalue weighted by Gasteiger charge is 2.61. The first kappa shape index (κ1) is 20.1. The van der Waals surface area contributed by atoms with Crippen LogP contribution in [0.15, 0.2) is 23.2 Å². The molecule has 0 heterocycles. The van der Waals surface area contributed by atoms with Crippen LogP contribution < -0.4 is 0 Å². The number of allylic oxidation sites excluding steroid dienone is 2. The molecule has 0 aliphatic heterocycles. The molecule has 0 radical (unpaired) electrons. The summed E-state index contributed by atoms with van der Waals surface area (Å²) in [5.41, 5.74) is -1.26. The summed E-state index contributed by atoms with van der Waals surface area (Å²) in [5, 5.41) is 22.1. The molecule has 0 aromatic carbocycles. The number of carbonyl (C=O) groups excluding carboxylic acids is 2. The summed E-state index contributed by atoms with van der Waals surface area (Å²) in [4.78, 5) is 24.9. The third-order valence-corrected chi connectivity index (χ3v) is 7.98. The number of fused-ring (bicyclic) bond motifs is 1. The minimum Gasteiger partial charge on any atom is -0.504 e. The van der Waals surface area contributed by atoms with E-state index in [0.717, 1.165) is 38.2 Å². The first-order chi connectivity index (χ1) is 12.5. The molecular weight excluding hydrogens is 344 g/mol. The summed E-state index contributed by atoms with van der Waals surface area (Å²) in [6.45, 7) is 8.53. The number of rotatable bonds is 3.